The Morgan fingerprint density at radius 1 is 0.750 bits per heavy atom. The van der Waals surface area contributed by atoms with Gasteiger partial charge in [-0.1, -0.05) is 104 Å². The topological polar surface area (TPSA) is 102 Å². The molecule has 0 aromatic heterocycles. The zero-order valence-electron chi connectivity index (χ0n) is 29.0. The summed E-state index contributed by atoms with van der Waals surface area (Å²) < 4.78 is 16.7. The van der Waals surface area contributed by atoms with Crippen LogP contribution in [0, 0.1) is 0 Å². The molecule has 8 nitrogen and oxygen atoms in total. The van der Waals surface area contributed by atoms with E-state index in [1.807, 2.05) is 0 Å². The Labute approximate surface area is 269 Å². The number of aliphatic hydroxyl groups excluding tert-OH is 1. The van der Waals surface area contributed by atoms with E-state index < -0.39 is 29.8 Å². The molecule has 2 atom stereocenters. The highest BCUT2D eigenvalue weighted by Gasteiger charge is 2.41. The maximum absolute atomic E-state index is 12.6. The molecule has 1 amide bonds. The number of β-amino-alcohol motifs (C(OH)–C–C–N with tert-alkyl or cyclic N) is 1. The Balaban J connectivity index is 2.21. The summed E-state index contributed by atoms with van der Waals surface area (Å²) in [5.74, 6) is -0.534. The molecule has 1 rings (SSSR count). The molecule has 0 radical (unpaired) electrons. The van der Waals surface area contributed by atoms with Crippen molar-refractivity contribution in [1.82, 2.24) is 4.90 Å². The van der Waals surface area contributed by atoms with Crippen LogP contribution >= 0.6 is 0 Å². The first-order valence-electron chi connectivity index (χ1n) is 18.1. The molecule has 1 aliphatic rings. The third-order valence-electron chi connectivity index (χ3n) is 8.26. The molecule has 258 valence electrons. The van der Waals surface area contributed by atoms with Gasteiger partial charge in [0.2, 0.25) is 0 Å². The molecule has 0 aromatic rings. The SMILES string of the molecule is CCCCCCCCC(CCCCCCCC)OC(=O)CCCCCCCCOC(=O)[C@@H]1CC(O)CN1C(=O)OC(C)(C)C. The molecule has 0 spiro atoms. The number of hydrogen-bond acceptors (Lipinski definition) is 7. The van der Waals surface area contributed by atoms with Gasteiger partial charge < -0.3 is 19.3 Å². The molecule has 1 saturated heterocycles. The zero-order chi connectivity index (χ0) is 32.6. The number of likely N-dealkylation sites (tertiary alicyclic amines) is 1. The molecule has 8 heteroatoms. The Kier molecular flexibility index (Phi) is 22.3. The number of carbonyl (C=O) groups excluding carboxylic acids is 3. The standard InChI is InChI=1S/C36H67NO7/c1-6-8-10-12-16-20-24-31(25-21-17-13-11-9-7-2)43-33(39)26-22-18-14-15-19-23-27-42-34(40)32-28-30(38)29-37(32)35(41)44-36(3,4)5/h30-32,38H,6-29H2,1-5H3/t30?,32-/m0/s1. The van der Waals surface area contributed by atoms with Crippen molar-refractivity contribution >= 4 is 18.0 Å². The number of aliphatic hydroxyl groups is 1. The number of esters is 2. The Bertz CT molecular complexity index is 750. The quantitative estimate of drug-likeness (QED) is 0.0613. The van der Waals surface area contributed by atoms with E-state index in [0.717, 1.165) is 64.2 Å². The van der Waals surface area contributed by atoms with Crippen molar-refractivity contribution < 1.29 is 33.7 Å². The number of nitrogens with zero attached hydrogens (tertiary/aromatic N) is 1. The summed E-state index contributed by atoms with van der Waals surface area (Å²) in [5.41, 5.74) is -0.678. The van der Waals surface area contributed by atoms with E-state index in [9.17, 15) is 19.5 Å². The van der Waals surface area contributed by atoms with Gasteiger partial charge in [0.15, 0.2) is 0 Å². The summed E-state index contributed by atoms with van der Waals surface area (Å²) in [6, 6.07) is -0.809. The van der Waals surface area contributed by atoms with Crippen LogP contribution in [-0.2, 0) is 23.8 Å². The maximum Gasteiger partial charge on any atom is 0.411 e. The van der Waals surface area contributed by atoms with Crippen LogP contribution in [0.15, 0.2) is 0 Å². The Hall–Kier alpha value is -1.83. The monoisotopic (exact) mass is 625 g/mol. The first kappa shape index (κ1) is 40.2. The van der Waals surface area contributed by atoms with Crippen LogP contribution < -0.4 is 0 Å². The van der Waals surface area contributed by atoms with Gasteiger partial charge in [-0.05, 0) is 59.3 Å². The van der Waals surface area contributed by atoms with E-state index in [0.29, 0.717) is 13.0 Å². The fraction of sp³-hybridized carbons (Fsp3) is 0.917. The molecule has 1 N–H and O–H groups in total. The second-order valence-corrected chi connectivity index (χ2v) is 13.8. The highest BCUT2D eigenvalue weighted by atomic mass is 16.6. The minimum atomic E-state index is -0.809. The lowest BCUT2D eigenvalue weighted by Crippen LogP contribution is -2.44. The molecule has 0 bridgehead atoms. The smallest absolute Gasteiger partial charge is 0.411 e. The average molecular weight is 626 g/mol. The lowest BCUT2D eigenvalue weighted by atomic mass is 10.0. The normalized spacial score (nSPS) is 16.8. The maximum atomic E-state index is 12.6. The average Bonchev–Trinajstić information content (AvgIpc) is 3.36. The van der Waals surface area contributed by atoms with Gasteiger partial charge >= 0.3 is 18.0 Å². The summed E-state index contributed by atoms with van der Waals surface area (Å²) in [6.45, 7) is 10.1. The largest absolute Gasteiger partial charge is 0.464 e. The Morgan fingerprint density at radius 3 is 1.80 bits per heavy atom. The van der Waals surface area contributed by atoms with Crippen LogP contribution in [-0.4, -0.2) is 65.0 Å². The first-order valence-corrected chi connectivity index (χ1v) is 18.1. The summed E-state index contributed by atoms with van der Waals surface area (Å²) in [7, 11) is 0. The number of ether oxygens (including phenoxy) is 3. The lowest BCUT2D eigenvalue weighted by molar-refractivity contribution is -0.150. The molecule has 1 heterocycles. The number of amides is 1. The van der Waals surface area contributed by atoms with Crippen LogP contribution in [0.2, 0.25) is 0 Å². The van der Waals surface area contributed by atoms with Crippen molar-refractivity contribution in [1.29, 1.82) is 0 Å². The van der Waals surface area contributed by atoms with E-state index in [1.165, 1.54) is 69.1 Å². The van der Waals surface area contributed by atoms with Crippen molar-refractivity contribution in [3.05, 3.63) is 0 Å². The Morgan fingerprint density at radius 2 is 1.25 bits per heavy atom. The second-order valence-electron chi connectivity index (χ2n) is 13.8. The number of carbonyl (C=O) groups is 3. The fourth-order valence-corrected chi connectivity index (χ4v) is 5.72. The molecular weight excluding hydrogens is 558 g/mol. The van der Waals surface area contributed by atoms with Gasteiger partial charge in [0.25, 0.3) is 0 Å². The van der Waals surface area contributed by atoms with Gasteiger partial charge in [-0.25, -0.2) is 9.59 Å². The van der Waals surface area contributed by atoms with E-state index >= 15 is 0 Å². The van der Waals surface area contributed by atoms with Crippen molar-refractivity contribution in [2.75, 3.05) is 13.2 Å². The van der Waals surface area contributed by atoms with Gasteiger partial charge in [0.1, 0.15) is 17.7 Å². The van der Waals surface area contributed by atoms with Crippen LogP contribution in [0.4, 0.5) is 4.79 Å². The molecule has 1 fully saturated rings. The van der Waals surface area contributed by atoms with Gasteiger partial charge in [0, 0.05) is 12.8 Å². The van der Waals surface area contributed by atoms with Gasteiger partial charge in [0.05, 0.1) is 19.3 Å². The summed E-state index contributed by atoms with van der Waals surface area (Å²) in [5, 5.41) is 10.0. The number of unbranched alkanes of at least 4 members (excludes halogenated alkanes) is 15. The molecule has 1 unspecified atom stereocenters. The molecule has 0 aliphatic carbocycles. The van der Waals surface area contributed by atoms with Crippen LogP contribution in [0.5, 0.6) is 0 Å². The third-order valence-corrected chi connectivity index (χ3v) is 8.26. The first-order chi connectivity index (χ1) is 21.1. The minimum Gasteiger partial charge on any atom is -0.464 e. The predicted molar refractivity (Wildman–Crippen MR) is 176 cm³/mol. The molecule has 1 aliphatic heterocycles. The van der Waals surface area contributed by atoms with Crippen LogP contribution in [0.1, 0.15) is 176 Å². The minimum absolute atomic E-state index is 0.0451. The van der Waals surface area contributed by atoms with E-state index in [4.69, 9.17) is 14.2 Å². The third kappa shape index (κ3) is 20.2. The molecule has 0 saturated carbocycles. The van der Waals surface area contributed by atoms with Crippen molar-refractivity contribution in [2.45, 2.75) is 200 Å². The van der Waals surface area contributed by atoms with Gasteiger partial charge in [-0.15, -0.1) is 0 Å². The number of hydrogen-bond donors (Lipinski definition) is 1. The molecule has 44 heavy (non-hydrogen) atoms. The van der Waals surface area contributed by atoms with Crippen LogP contribution in [0.3, 0.4) is 0 Å². The molecule has 0 aromatic carbocycles. The second kappa shape index (κ2) is 24.4. The summed E-state index contributed by atoms with van der Waals surface area (Å²) in [4.78, 5) is 38.9. The van der Waals surface area contributed by atoms with Crippen molar-refractivity contribution in [3.63, 3.8) is 0 Å². The summed E-state index contributed by atoms with van der Waals surface area (Å²) in [6.07, 6.45) is 22.0. The zero-order valence-corrected chi connectivity index (χ0v) is 29.0. The highest BCUT2D eigenvalue weighted by Crippen LogP contribution is 2.23. The molecular formula is C36H67NO7. The lowest BCUT2D eigenvalue weighted by Gasteiger charge is -2.27. The van der Waals surface area contributed by atoms with Crippen molar-refractivity contribution in [3.8, 4) is 0 Å². The van der Waals surface area contributed by atoms with Crippen molar-refractivity contribution in [2.24, 2.45) is 0 Å². The highest BCUT2D eigenvalue weighted by molar-refractivity contribution is 5.82. The fourth-order valence-electron chi connectivity index (χ4n) is 5.72. The van der Waals surface area contributed by atoms with E-state index in [1.54, 1.807) is 20.8 Å². The summed E-state index contributed by atoms with van der Waals surface area (Å²) >= 11 is 0. The van der Waals surface area contributed by atoms with Gasteiger partial charge in [-0.2, -0.15) is 0 Å². The van der Waals surface area contributed by atoms with Crippen LogP contribution in [0.25, 0.3) is 0 Å². The van der Waals surface area contributed by atoms with Gasteiger partial charge in [-0.3, -0.25) is 9.69 Å². The van der Waals surface area contributed by atoms with E-state index in [-0.39, 0.29) is 25.0 Å². The predicted octanol–water partition coefficient (Wildman–Crippen LogP) is 9.04. The number of rotatable bonds is 25. The van der Waals surface area contributed by atoms with E-state index in [2.05, 4.69) is 13.8 Å².